The second-order valence-electron chi connectivity index (χ2n) is 4.46. The molecule has 0 unspecified atom stereocenters. The van der Waals surface area contributed by atoms with Gasteiger partial charge < -0.3 is 9.80 Å². The highest BCUT2D eigenvalue weighted by Gasteiger charge is 2.17. The van der Waals surface area contributed by atoms with E-state index in [-0.39, 0.29) is 0 Å². The van der Waals surface area contributed by atoms with Crippen molar-refractivity contribution in [2.45, 2.75) is 32.7 Å². The first-order valence-electron chi connectivity index (χ1n) is 6.47. The van der Waals surface area contributed by atoms with Crippen LogP contribution in [0.4, 0.5) is 11.8 Å². The number of halogens is 1. The van der Waals surface area contributed by atoms with E-state index in [9.17, 15) is 0 Å². The van der Waals surface area contributed by atoms with E-state index in [1.54, 1.807) is 6.20 Å². The molecule has 0 aromatic carbocycles. The fourth-order valence-electron chi connectivity index (χ4n) is 2.02. The van der Waals surface area contributed by atoms with Crippen molar-refractivity contribution < 1.29 is 0 Å². The Bertz CT molecular complexity index is 353. The third-order valence-electron chi connectivity index (χ3n) is 3.03. The van der Waals surface area contributed by atoms with Gasteiger partial charge in [0.2, 0.25) is 5.95 Å². The van der Waals surface area contributed by atoms with E-state index in [1.165, 1.54) is 0 Å². The number of alkyl halides is 1. The van der Waals surface area contributed by atoms with Crippen molar-refractivity contribution in [2.24, 2.45) is 0 Å². The molecule has 0 aliphatic carbocycles. The van der Waals surface area contributed by atoms with Crippen LogP contribution in [0.3, 0.4) is 0 Å². The maximum absolute atomic E-state index is 5.91. The Morgan fingerprint density at radius 2 is 1.94 bits per heavy atom. The van der Waals surface area contributed by atoms with Crippen molar-refractivity contribution >= 4 is 23.4 Å². The lowest BCUT2D eigenvalue weighted by atomic mass is 10.1. The van der Waals surface area contributed by atoms with Crippen LogP contribution >= 0.6 is 11.6 Å². The van der Waals surface area contributed by atoms with E-state index in [1.807, 2.05) is 25.1 Å². The number of hydrogen-bond donors (Lipinski definition) is 0. The van der Waals surface area contributed by atoms with E-state index in [2.05, 4.69) is 28.7 Å². The Morgan fingerprint density at radius 1 is 1.28 bits per heavy atom. The predicted octanol–water partition coefficient (Wildman–Crippen LogP) is 2.78. The van der Waals surface area contributed by atoms with Gasteiger partial charge in [-0.1, -0.05) is 13.8 Å². The SMILES string of the molecule is CCC(CC)N(CCCl)c1ccnc(N(C)C)n1. The largest absolute Gasteiger partial charge is 0.352 e. The van der Waals surface area contributed by atoms with Crippen LogP contribution in [0.2, 0.25) is 0 Å². The lowest BCUT2D eigenvalue weighted by Gasteiger charge is -2.31. The minimum atomic E-state index is 0.480. The Hall–Kier alpha value is -1.03. The van der Waals surface area contributed by atoms with Gasteiger partial charge in [0.25, 0.3) is 0 Å². The molecule has 0 saturated carbocycles. The van der Waals surface area contributed by atoms with Gasteiger partial charge in [0, 0.05) is 38.8 Å². The van der Waals surface area contributed by atoms with Crippen molar-refractivity contribution in [3.8, 4) is 0 Å². The number of nitrogens with zero attached hydrogens (tertiary/aromatic N) is 4. The first-order chi connectivity index (χ1) is 8.63. The van der Waals surface area contributed by atoms with E-state index in [4.69, 9.17) is 11.6 Å². The van der Waals surface area contributed by atoms with Crippen molar-refractivity contribution in [2.75, 3.05) is 36.3 Å². The van der Waals surface area contributed by atoms with Gasteiger partial charge in [-0.15, -0.1) is 11.6 Å². The van der Waals surface area contributed by atoms with Crippen LogP contribution in [0.5, 0.6) is 0 Å². The second-order valence-corrected chi connectivity index (χ2v) is 4.84. The zero-order valence-corrected chi connectivity index (χ0v) is 12.5. The summed E-state index contributed by atoms with van der Waals surface area (Å²) in [5.41, 5.74) is 0. The smallest absolute Gasteiger partial charge is 0.226 e. The van der Waals surface area contributed by atoms with Gasteiger partial charge in [-0.25, -0.2) is 4.98 Å². The van der Waals surface area contributed by atoms with Gasteiger partial charge in [-0.3, -0.25) is 0 Å². The molecule has 0 amide bonds. The van der Waals surface area contributed by atoms with E-state index < -0.39 is 0 Å². The lowest BCUT2D eigenvalue weighted by Crippen LogP contribution is -2.37. The average Bonchev–Trinajstić information content (AvgIpc) is 2.39. The van der Waals surface area contributed by atoms with Gasteiger partial charge >= 0.3 is 0 Å². The number of aromatic nitrogens is 2. The van der Waals surface area contributed by atoms with Crippen LogP contribution in [0, 0.1) is 0 Å². The molecule has 0 N–H and O–H groups in total. The monoisotopic (exact) mass is 270 g/mol. The normalized spacial score (nSPS) is 10.8. The minimum absolute atomic E-state index is 0.480. The molecule has 0 aliphatic heterocycles. The number of anilines is 2. The maximum Gasteiger partial charge on any atom is 0.226 e. The summed E-state index contributed by atoms with van der Waals surface area (Å²) in [5.74, 6) is 2.30. The Labute approximate surface area is 115 Å². The summed E-state index contributed by atoms with van der Waals surface area (Å²) in [6.45, 7) is 5.21. The molecule has 0 bridgehead atoms. The van der Waals surface area contributed by atoms with Crippen LogP contribution in [0.25, 0.3) is 0 Å². The molecule has 1 aromatic heterocycles. The molecule has 0 saturated heterocycles. The summed E-state index contributed by atoms with van der Waals surface area (Å²) in [7, 11) is 3.89. The Balaban J connectivity index is 3.00. The van der Waals surface area contributed by atoms with Gasteiger partial charge in [0.15, 0.2) is 0 Å². The van der Waals surface area contributed by atoms with E-state index >= 15 is 0 Å². The molecule has 0 radical (unpaired) electrons. The third-order valence-corrected chi connectivity index (χ3v) is 3.20. The maximum atomic E-state index is 5.91. The lowest BCUT2D eigenvalue weighted by molar-refractivity contribution is 0.562. The van der Waals surface area contributed by atoms with Gasteiger partial charge in [0.05, 0.1) is 0 Å². The molecule has 0 fully saturated rings. The van der Waals surface area contributed by atoms with Gasteiger partial charge in [-0.05, 0) is 18.9 Å². The highest BCUT2D eigenvalue weighted by Crippen LogP contribution is 2.19. The molecule has 1 heterocycles. The summed E-state index contributed by atoms with van der Waals surface area (Å²) < 4.78 is 0. The van der Waals surface area contributed by atoms with Crippen LogP contribution in [-0.4, -0.2) is 42.5 Å². The molecule has 18 heavy (non-hydrogen) atoms. The fourth-order valence-corrected chi connectivity index (χ4v) is 2.20. The minimum Gasteiger partial charge on any atom is -0.352 e. The molecule has 5 heteroatoms. The third kappa shape index (κ3) is 3.73. The zero-order valence-electron chi connectivity index (χ0n) is 11.7. The van der Waals surface area contributed by atoms with Crippen molar-refractivity contribution in [1.29, 1.82) is 0 Å². The molecule has 1 rings (SSSR count). The highest BCUT2D eigenvalue weighted by molar-refractivity contribution is 6.18. The molecule has 4 nitrogen and oxygen atoms in total. The molecule has 1 aromatic rings. The second kappa shape index (κ2) is 7.41. The van der Waals surface area contributed by atoms with Crippen molar-refractivity contribution in [1.82, 2.24) is 9.97 Å². The summed E-state index contributed by atoms with van der Waals surface area (Å²) in [6.07, 6.45) is 3.99. The summed E-state index contributed by atoms with van der Waals surface area (Å²) in [5, 5.41) is 0. The Kier molecular flexibility index (Phi) is 6.19. The van der Waals surface area contributed by atoms with Crippen LogP contribution in [0.15, 0.2) is 12.3 Å². The molecule has 102 valence electrons. The summed E-state index contributed by atoms with van der Waals surface area (Å²) >= 11 is 5.91. The number of hydrogen-bond acceptors (Lipinski definition) is 4. The first kappa shape index (κ1) is 15.0. The van der Waals surface area contributed by atoms with Crippen LogP contribution < -0.4 is 9.80 Å². The van der Waals surface area contributed by atoms with E-state index in [0.717, 1.165) is 31.2 Å². The van der Waals surface area contributed by atoms with Gasteiger partial charge in [-0.2, -0.15) is 4.98 Å². The average molecular weight is 271 g/mol. The predicted molar refractivity (Wildman–Crippen MR) is 78.8 cm³/mol. The zero-order chi connectivity index (χ0) is 13.5. The highest BCUT2D eigenvalue weighted by atomic mass is 35.5. The standard InChI is InChI=1S/C13H23ClN4/c1-5-11(6-2)18(10-8-14)12-7-9-15-13(16-12)17(3)4/h7,9,11H,5-6,8,10H2,1-4H3. The quantitative estimate of drug-likeness (QED) is 0.713. The summed E-state index contributed by atoms with van der Waals surface area (Å²) in [6, 6.07) is 2.44. The van der Waals surface area contributed by atoms with E-state index in [0.29, 0.717) is 11.9 Å². The van der Waals surface area contributed by atoms with Gasteiger partial charge in [0.1, 0.15) is 5.82 Å². The van der Waals surface area contributed by atoms with Crippen LogP contribution in [-0.2, 0) is 0 Å². The van der Waals surface area contributed by atoms with Crippen LogP contribution in [0.1, 0.15) is 26.7 Å². The molecule has 0 aliphatic rings. The Morgan fingerprint density at radius 3 is 2.44 bits per heavy atom. The fraction of sp³-hybridized carbons (Fsp3) is 0.692. The molecule has 0 spiro atoms. The first-order valence-corrected chi connectivity index (χ1v) is 7.00. The summed E-state index contributed by atoms with van der Waals surface area (Å²) in [4.78, 5) is 13.0. The topological polar surface area (TPSA) is 32.3 Å². The molecular formula is C13H23ClN4. The van der Waals surface area contributed by atoms with Crippen molar-refractivity contribution in [3.63, 3.8) is 0 Å². The number of rotatable bonds is 7. The van der Waals surface area contributed by atoms with Crippen molar-refractivity contribution in [3.05, 3.63) is 12.3 Å². The molecular weight excluding hydrogens is 248 g/mol. The molecule has 0 atom stereocenters.